The van der Waals surface area contributed by atoms with Gasteiger partial charge in [0.15, 0.2) is 21.2 Å². The Morgan fingerprint density at radius 2 is 2.00 bits per heavy atom. The molecular formula is C11H5I3O3. The monoisotopic (exact) mass is 566 g/mol. The number of carboxylic acid groups (broad SMARTS) is 1. The van der Waals surface area contributed by atoms with Gasteiger partial charge in [0.25, 0.3) is 0 Å². The van der Waals surface area contributed by atoms with E-state index in [4.69, 9.17) is 5.11 Å². The molecule has 0 unspecified atom stereocenters. The Morgan fingerprint density at radius 3 is 2.59 bits per heavy atom. The zero-order valence-electron chi connectivity index (χ0n) is 8.21. The maximum Gasteiger partial charge on any atom is 0.336 e. The summed E-state index contributed by atoms with van der Waals surface area (Å²) in [4.78, 5) is 11.1. The first-order valence-corrected chi connectivity index (χ1v) is 8.59. The summed E-state index contributed by atoms with van der Waals surface area (Å²) in [5.41, 5.74) is 0.159. The van der Waals surface area contributed by atoms with Crippen LogP contribution in [0.2, 0.25) is 0 Å². The van der Waals surface area contributed by atoms with E-state index in [1.165, 1.54) is 0 Å². The Bertz CT molecular complexity index is 637. The van der Waals surface area contributed by atoms with E-state index in [1.54, 1.807) is 6.07 Å². The van der Waals surface area contributed by atoms with Gasteiger partial charge in [-0.05, 0) is 62.7 Å². The highest BCUT2D eigenvalue weighted by Gasteiger charge is 2.17. The second-order valence-electron chi connectivity index (χ2n) is 3.27. The van der Waals surface area contributed by atoms with Gasteiger partial charge in [0, 0.05) is 12.5 Å². The molecule has 0 saturated heterocycles. The van der Waals surface area contributed by atoms with Gasteiger partial charge in [-0.1, -0.05) is 12.1 Å². The molecule has 0 heterocycles. The molecular weight excluding hydrogens is 561 g/mol. The van der Waals surface area contributed by atoms with Gasteiger partial charge < -0.3 is 5.11 Å². The molecule has 0 aliphatic rings. The summed E-state index contributed by atoms with van der Waals surface area (Å²) in [5.74, 6) is -1.02. The molecule has 0 aliphatic carbocycles. The minimum Gasteiger partial charge on any atom is -0.478 e. The van der Waals surface area contributed by atoms with Gasteiger partial charge >= 0.3 is 5.97 Å². The number of hydrogen-bond acceptors (Lipinski definition) is 2. The van der Waals surface area contributed by atoms with Gasteiger partial charge in [0.1, 0.15) is 0 Å². The minimum atomic E-state index is -1.50. The number of aromatic carboxylic acids is 1. The van der Waals surface area contributed by atoms with Crippen molar-refractivity contribution in [1.29, 1.82) is 0 Å². The fraction of sp³-hybridized carbons (Fsp3) is 0. The van der Waals surface area contributed by atoms with E-state index in [2.05, 4.69) is 45.2 Å². The second-order valence-corrected chi connectivity index (χ2v) is 7.03. The van der Waals surface area contributed by atoms with Crippen LogP contribution in [0.4, 0.5) is 0 Å². The van der Waals surface area contributed by atoms with Crippen LogP contribution in [0.1, 0.15) is 10.4 Å². The number of benzene rings is 2. The third-order valence-corrected chi connectivity index (χ3v) is 6.87. The van der Waals surface area contributed by atoms with Crippen LogP contribution < -0.4 is 0 Å². The van der Waals surface area contributed by atoms with E-state index in [1.807, 2.05) is 18.2 Å². The lowest BCUT2D eigenvalue weighted by Crippen LogP contribution is -2.02. The largest absolute Gasteiger partial charge is 0.478 e. The molecule has 0 aromatic heterocycles. The van der Waals surface area contributed by atoms with Gasteiger partial charge in [-0.3, -0.25) is 3.07 Å². The molecule has 2 aromatic carbocycles. The molecule has 0 atom stereocenters. The Hall–Kier alpha value is 0.160. The molecule has 0 fully saturated rings. The first-order valence-electron chi connectivity index (χ1n) is 4.47. The molecule has 6 heteroatoms. The maximum absolute atomic E-state index is 11.3. The quantitative estimate of drug-likeness (QED) is 0.555. The minimum absolute atomic E-state index is 0.159. The van der Waals surface area contributed by atoms with Gasteiger partial charge in [-0.2, -0.15) is 0 Å². The molecule has 0 aliphatic heterocycles. The van der Waals surface area contributed by atoms with Crippen molar-refractivity contribution in [1.82, 2.24) is 0 Å². The first-order chi connectivity index (χ1) is 8.06. The molecule has 0 saturated carbocycles. The summed E-state index contributed by atoms with van der Waals surface area (Å²) < 4.78 is 13.6. The Kier molecular flexibility index (Phi) is 4.34. The third kappa shape index (κ3) is 2.48. The van der Waals surface area contributed by atoms with Crippen molar-refractivity contribution in [2.75, 3.05) is 0 Å². The molecule has 2 rings (SSSR count). The van der Waals surface area contributed by atoms with Crippen molar-refractivity contribution in [3.8, 4) is 0 Å². The van der Waals surface area contributed by atoms with E-state index in [0.29, 0.717) is 3.57 Å². The SMILES string of the molecule is O=Ic1c(C(=O)O)cc2cccc(I)c2c1I. The zero-order valence-corrected chi connectivity index (χ0v) is 14.7. The predicted octanol–water partition coefficient (Wildman–Crippen LogP) is 4.23. The standard InChI is InChI=1S/C11H5I3O3/c12-7-3-1-2-5-4-6(11(15)16)10(14-17)9(13)8(5)7/h1-4H,(H,15,16). The third-order valence-electron chi connectivity index (χ3n) is 2.30. The Labute approximate surface area is 135 Å². The molecule has 0 spiro atoms. The van der Waals surface area contributed by atoms with Crippen LogP contribution in [0.5, 0.6) is 0 Å². The summed E-state index contributed by atoms with van der Waals surface area (Å²) in [6.45, 7) is 0. The van der Waals surface area contributed by atoms with Crippen LogP contribution in [-0.4, -0.2) is 11.1 Å². The Morgan fingerprint density at radius 1 is 1.29 bits per heavy atom. The van der Waals surface area contributed by atoms with Crippen LogP contribution in [0.3, 0.4) is 0 Å². The fourth-order valence-electron chi connectivity index (χ4n) is 1.57. The molecule has 0 radical (unpaired) electrons. The van der Waals surface area contributed by atoms with Crippen molar-refractivity contribution < 1.29 is 13.0 Å². The second kappa shape index (κ2) is 5.43. The molecule has 0 amide bonds. The number of carboxylic acids is 1. The molecule has 88 valence electrons. The number of hydrogen-bond donors (Lipinski definition) is 1. The van der Waals surface area contributed by atoms with E-state index >= 15 is 0 Å². The van der Waals surface area contributed by atoms with Gasteiger partial charge in [0.05, 0.1) is 9.13 Å². The molecule has 1 N–H and O–H groups in total. The highest BCUT2D eigenvalue weighted by atomic mass is 127. The van der Waals surface area contributed by atoms with Crippen molar-refractivity contribution in [2.45, 2.75) is 0 Å². The molecule has 17 heavy (non-hydrogen) atoms. The van der Waals surface area contributed by atoms with Crippen molar-refractivity contribution in [2.24, 2.45) is 0 Å². The van der Waals surface area contributed by atoms with Crippen LogP contribution in [0.25, 0.3) is 10.8 Å². The van der Waals surface area contributed by atoms with Crippen LogP contribution in [0, 0.1) is 10.7 Å². The number of rotatable bonds is 2. The van der Waals surface area contributed by atoms with E-state index in [-0.39, 0.29) is 5.56 Å². The average Bonchev–Trinajstić information content (AvgIpc) is 2.28. The van der Waals surface area contributed by atoms with Crippen LogP contribution in [0.15, 0.2) is 24.3 Å². The highest BCUT2D eigenvalue weighted by Crippen LogP contribution is 2.33. The highest BCUT2D eigenvalue weighted by molar-refractivity contribution is 14.2. The van der Waals surface area contributed by atoms with Gasteiger partial charge in [0.2, 0.25) is 0 Å². The smallest absolute Gasteiger partial charge is 0.336 e. The number of fused-ring (bicyclic) bond motifs is 1. The lowest BCUT2D eigenvalue weighted by molar-refractivity contribution is 0.0696. The number of halogens is 3. The van der Waals surface area contributed by atoms with Crippen molar-refractivity contribution >= 4 is 83.1 Å². The van der Waals surface area contributed by atoms with Crippen LogP contribution in [-0.2, 0) is 3.07 Å². The molecule has 0 bridgehead atoms. The lowest BCUT2D eigenvalue weighted by Gasteiger charge is -2.08. The van der Waals surface area contributed by atoms with E-state index in [9.17, 15) is 7.86 Å². The van der Waals surface area contributed by atoms with Gasteiger partial charge in [-0.25, -0.2) is 4.79 Å². The summed E-state index contributed by atoms with van der Waals surface area (Å²) in [5, 5.41) is 11.0. The van der Waals surface area contributed by atoms with E-state index in [0.717, 1.165) is 17.9 Å². The zero-order chi connectivity index (χ0) is 12.6. The maximum atomic E-state index is 11.3. The topological polar surface area (TPSA) is 54.4 Å². The number of carbonyl (C=O) groups is 1. The van der Waals surface area contributed by atoms with E-state index < -0.39 is 27.2 Å². The summed E-state index contributed by atoms with van der Waals surface area (Å²) in [6.07, 6.45) is 0. The summed E-state index contributed by atoms with van der Waals surface area (Å²) in [6, 6.07) is 7.32. The molecule has 3 nitrogen and oxygen atoms in total. The van der Waals surface area contributed by atoms with Crippen molar-refractivity contribution in [3.05, 3.63) is 40.5 Å². The first kappa shape index (κ1) is 13.6. The summed E-state index contributed by atoms with van der Waals surface area (Å²) >= 11 is 2.79. The predicted molar refractivity (Wildman–Crippen MR) is 89.7 cm³/mol. The Balaban J connectivity index is 2.98. The normalized spacial score (nSPS) is 10.7. The summed E-state index contributed by atoms with van der Waals surface area (Å²) in [7, 11) is 0. The lowest BCUT2D eigenvalue weighted by atomic mass is 10.1. The average molecular weight is 566 g/mol. The van der Waals surface area contributed by atoms with Crippen molar-refractivity contribution in [3.63, 3.8) is 0 Å². The van der Waals surface area contributed by atoms with Gasteiger partial charge in [-0.15, -0.1) is 0 Å². The fourth-order valence-corrected chi connectivity index (χ4v) is 5.41. The molecule has 2 aromatic rings. The van der Waals surface area contributed by atoms with Crippen LogP contribution >= 0.6 is 66.4 Å².